The highest BCUT2D eigenvalue weighted by molar-refractivity contribution is 4.95. The first kappa shape index (κ1) is 10.2. The smallest absolute Gasteiger partial charge is 0.129 e. The Hall–Kier alpha value is -0.840. The highest BCUT2D eigenvalue weighted by atomic mass is 16.5. The van der Waals surface area contributed by atoms with Crippen LogP contribution in [0.1, 0.15) is 5.76 Å². The lowest BCUT2D eigenvalue weighted by molar-refractivity contribution is 0.0229. The summed E-state index contributed by atoms with van der Waals surface area (Å²) >= 11 is 0. The fourth-order valence-corrected chi connectivity index (χ4v) is 0.852. The van der Waals surface area contributed by atoms with E-state index in [1.165, 1.54) is 0 Å². The van der Waals surface area contributed by atoms with Gasteiger partial charge in [0.2, 0.25) is 0 Å². The van der Waals surface area contributed by atoms with E-state index in [-0.39, 0.29) is 6.61 Å². The molecule has 0 aromatic carbocycles. The minimum Gasteiger partial charge on any atom is -0.467 e. The summed E-state index contributed by atoms with van der Waals surface area (Å²) in [5, 5.41) is 8.39. The molecule has 0 aliphatic carbocycles. The summed E-state index contributed by atoms with van der Waals surface area (Å²) in [4.78, 5) is 0. The van der Waals surface area contributed by atoms with Gasteiger partial charge in [0.05, 0.1) is 32.7 Å². The lowest BCUT2D eigenvalue weighted by Crippen LogP contribution is -2.06. The van der Waals surface area contributed by atoms with Gasteiger partial charge in [-0.25, -0.2) is 0 Å². The summed E-state index contributed by atoms with van der Waals surface area (Å²) < 4.78 is 15.3. The van der Waals surface area contributed by atoms with E-state index in [9.17, 15) is 0 Å². The van der Waals surface area contributed by atoms with E-state index >= 15 is 0 Å². The van der Waals surface area contributed by atoms with E-state index in [4.69, 9.17) is 19.0 Å². The summed E-state index contributed by atoms with van der Waals surface area (Å²) in [5.41, 5.74) is 0. The predicted octanol–water partition coefficient (Wildman–Crippen LogP) is 0.805. The highest BCUT2D eigenvalue weighted by Gasteiger charge is 1.94. The molecule has 1 aromatic rings. The van der Waals surface area contributed by atoms with Gasteiger partial charge in [-0.05, 0) is 12.1 Å². The van der Waals surface area contributed by atoms with Crippen molar-refractivity contribution in [2.75, 3.05) is 26.4 Å². The van der Waals surface area contributed by atoms with Crippen LogP contribution in [0.5, 0.6) is 0 Å². The highest BCUT2D eigenvalue weighted by Crippen LogP contribution is 2.00. The number of hydrogen-bond acceptors (Lipinski definition) is 4. The number of rotatable bonds is 7. The summed E-state index contributed by atoms with van der Waals surface area (Å²) in [6.07, 6.45) is 1.61. The van der Waals surface area contributed by atoms with Crippen LogP contribution in [-0.4, -0.2) is 31.5 Å². The van der Waals surface area contributed by atoms with Crippen molar-refractivity contribution in [3.05, 3.63) is 24.2 Å². The Morgan fingerprint density at radius 2 is 2.08 bits per heavy atom. The van der Waals surface area contributed by atoms with Crippen molar-refractivity contribution in [2.24, 2.45) is 0 Å². The SMILES string of the molecule is OCCOCCOCc1ccco1. The number of furan rings is 1. The zero-order valence-corrected chi connectivity index (χ0v) is 7.44. The Bertz CT molecular complexity index is 195. The molecule has 0 aliphatic heterocycles. The maximum Gasteiger partial charge on any atom is 0.129 e. The van der Waals surface area contributed by atoms with Crippen molar-refractivity contribution in [2.45, 2.75) is 6.61 Å². The second-order valence-electron chi connectivity index (χ2n) is 2.47. The molecule has 1 rings (SSSR count). The first-order valence-corrected chi connectivity index (χ1v) is 4.22. The Morgan fingerprint density at radius 3 is 2.77 bits per heavy atom. The Balaban J connectivity index is 1.90. The molecule has 4 nitrogen and oxygen atoms in total. The van der Waals surface area contributed by atoms with Gasteiger partial charge in [-0.15, -0.1) is 0 Å². The molecule has 1 aromatic heterocycles. The van der Waals surface area contributed by atoms with E-state index < -0.39 is 0 Å². The van der Waals surface area contributed by atoms with Gasteiger partial charge in [-0.2, -0.15) is 0 Å². The second-order valence-corrected chi connectivity index (χ2v) is 2.47. The van der Waals surface area contributed by atoms with Crippen molar-refractivity contribution in [1.29, 1.82) is 0 Å². The minimum absolute atomic E-state index is 0.0538. The van der Waals surface area contributed by atoms with Crippen LogP contribution in [0.2, 0.25) is 0 Å². The van der Waals surface area contributed by atoms with Gasteiger partial charge in [0.25, 0.3) is 0 Å². The van der Waals surface area contributed by atoms with Crippen LogP contribution in [0.3, 0.4) is 0 Å². The van der Waals surface area contributed by atoms with Gasteiger partial charge < -0.3 is 19.0 Å². The lowest BCUT2D eigenvalue weighted by Gasteiger charge is -2.02. The molecular formula is C9H14O4. The van der Waals surface area contributed by atoms with Gasteiger partial charge >= 0.3 is 0 Å². The third kappa shape index (κ3) is 4.67. The summed E-state index contributed by atoms with van der Waals surface area (Å²) in [6.45, 7) is 1.90. The monoisotopic (exact) mass is 186 g/mol. The van der Waals surface area contributed by atoms with Crippen molar-refractivity contribution in [3.8, 4) is 0 Å². The fraction of sp³-hybridized carbons (Fsp3) is 0.556. The molecule has 13 heavy (non-hydrogen) atoms. The van der Waals surface area contributed by atoms with Gasteiger partial charge in [-0.3, -0.25) is 0 Å². The van der Waals surface area contributed by atoms with Crippen molar-refractivity contribution in [3.63, 3.8) is 0 Å². The lowest BCUT2D eigenvalue weighted by atomic mass is 10.5. The molecule has 0 aliphatic rings. The number of aliphatic hydroxyl groups is 1. The Morgan fingerprint density at radius 1 is 1.23 bits per heavy atom. The quantitative estimate of drug-likeness (QED) is 0.640. The van der Waals surface area contributed by atoms with Crippen molar-refractivity contribution >= 4 is 0 Å². The van der Waals surface area contributed by atoms with Crippen LogP contribution in [0.25, 0.3) is 0 Å². The maximum absolute atomic E-state index is 8.39. The van der Waals surface area contributed by atoms with E-state index in [0.717, 1.165) is 5.76 Å². The van der Waals surface area contributed by atoms with Crippen molar-refractivity contribution in [1.82, 2.24) is 0 Å². The fourth-order valence-electron chi connectivity index (χ4n) is 0.852. The van der Waals surface area contributed by atoms with Gasteiger partial charge in [0, 0.05) is 0 Å². The zero-order chi connectivity index (χ0) is 9.36. The first-order chi connectivity index (χ1) is 6.43. The van der Waals surface area contributed by atoms with Crippen LogP contribution in [0, 0.1) is 0 Å². The van der Waals surface area contributed by atoms with E-state index in [0.29, 0.717) is 26.4 Å². The standard InChI is InChI=1S/C9H14O4/c10-3-5-11-6-7-12-8-9-2-1-4-13-9/h1-2,4,10H,3,5-8H2. The number of ether oxygens (including phenoxy) is 2. The molecule has 74 valence electrons. The predicted molar refractivity (Wildman–Crippen MR) is 46.3 cm³/mol. The largest absolute Gasteiger partial charge is 0.467 e. The van der Waals surface area contributed by atoms with Gasteiger partial charge in [0.15, 0.2) is 0 Å². The molecular weight excluding hydrogens is 172 g/mol. The van der Waals surface area contributed by atoms with Gasteiger partial charge in [-0.1, -0.05) is 0 Å². The van der Waals surface area contributed by atoms with Crippen LogP contribution in [-0.2, 0) is 16.1 Å². The molecule has 0 spiro atoms. The van der Waals surface area contributed by atoms with Crippen molar-refractivity contribution < 1.29 is 19.0 Å². The van der Waals surface area contributed by atoms with E-state index in [1.54, 1.807) is 6.26 Å². The Kier molecular flexibility index (Phi) is 5.24. The topological polar surface area (TPSA) is 51.8 Å². The molecule has 0 atom stereocenters. The summed E-state index contributed by atoms with van der Waals surface area (Å²) in [6, 6.07) is 3.68. The zero-order valence-electron chi connectivity index (χ0n) is 7.44. The maximum atomic E-state index is 8.39. The average molecular weight is 186 g/mol. The molecule has 0 saturated heterocycles. The van der Waals surface area contributed by atoms with Gasteiger partial charge in [0.1, 0.15) is 12.4 Å². The Labute approximate surface area is 77.1 Å². The normalized spacial score (nSPS) is 10.5. The van der Waals surface area contributed by atoms with E-state index in [2.05, 4.69) is 0 Å². The summed E-state index contributed by atoms with van der Waals surface area (Å²) in [7, 11) is 0. The second kappa shape index (κ2) is 6.65. The van der Waals surface area contributed by atoms with Crippen LogP contribution < -0.4 is 0 Å². The molecule has 0 bridgehead atoms. The molecule has 0 amide bonds. The third-order valence-electron chi connectivity index (χ3n) is 1.43. The number of hydrogen-bond donors (Lipinski definition) is 1. The molecule has 0 fully saturated rings. The molecule has 1 N–H and O–H groups in total. The summed E-state index contributed by atoms with van der Waals surface area (Å²) in [5.74, 6) is 0.808. The molecule has 0 radical (unpaired) electrons. The van der Waals surface area contributed by atoms with E-state index in [1.807, 2.05) is 12.1 Å². The third-order valence-corrected chi connectivity index (χ3v) is 1.43. The first-order valence-electron chi connectivity index (χ1n) is 4.22. The molecule has 0 saturated carbocycles. The number of aliphatic hydroxyl groups excluding tert-OH is 1. The average Bonchev–Trinajstić information content (AvgIpc) is 2.63. The van der Waals surface area contributed by atoms with Crippen LogP contribution in [0.4, 0.5) is 0 Å². The molecule has 1 heterocycles. The molecule has 4 heteroatoms. The molecule has 0 unspecified atom stereocenters. The minimum atomic E-state index is 0.0538. The van der Waals surface area contributed by atoms with Crippen LogP contribution >= 0.6 is 0 Å². The van der Waals surface area contributed by atoms with Crippen LogP contribution in [0.15, 0.2) is 22.8 Å².